The normalized spacial score (nSPS) is 14.3. The second-order valence-electron chi connectivity index (χ2n) is 5.64. The van der Waals surface area contributed by atoms with E-state index in [1.807, 2.05) is 20.8 Å². The largest absolute Gasteiger partial charge is 0.488 e. The fourth-order valence-corrected chi connectivity index (χ4v) is 2.09. The number of amides is 1. The van der Waals surface area contributed by atoms with Crippen LogP contribution in [0.5, 0.6) is 0 Å². The molecule has 5 nitrogen and oxygen atoms in total. The third-order valence-corrected chi connectivity index (χ3v) is 2.91. The van der Waals surface area contributed by atoms with Crippen molar-refractivity contribution < 1.29 is 19.6 Å². The van der Waals surface area contributed by atoms with Crippen molar-refractivity contribution in [3.05, 3.63) is 23.8 Å². The first kappa shape index (κ1) is 13.9. The van der Waals surface area contributed by atoms with Gasteiger partial charge in [-0.2, -0.15) is 0 Å². The molecule has 2 rings (SSSR count). The SMILES string of the molecule is CC(C)(C)OC(=O)N1CCc2cc(B(O)O)ccc21. The molecule has 0 unspecified atom stereocenters. The zero-order valence-corrected chi connectivity index (χ0v) is 11.4. The quantitative estimate of drug-likeness (QED) is 0.730. The van der Waals surface area contributed by atoms with E-state index in [1.54, 1.807) is 23.1 Å². The van der Waals surface area contributed by atoms with Crippen LogP contribution in [0.1, 0.15) is 26.3 Å². The molecule has 102 valence electrons. The number of anilines is 1. The molecule has 0 saturated heterocycles. The van der Waals surface area contributed by atoms with E-state index in [0.29, 0.717) is 18.4 Å². The molecule has 1 aromatic rings. The van der Waals surface area contributed by atoms with Gasteiger partial charge in [-0.15, -0.1) is 0 Å². The fraction of sp³-hybridized carbons (Fsp3) is 0.462. The Labute approximate surface area is 112 Å². The van der Waals surface area contributed by atoms with E-state index < -0.39 is 12.7 Å². The van der Waals surface area contributed by atoms with Gasteiger partial charge in [-0.25, -0.2) is 4.79 Å². The first-order chi connectivity index (χ1) is 8.78. The Kier molecular flexibility index (Phi) is 3.56. The molecular weight excluding hydrogens is 245 g/mol. The molecule has 0 atom stereocenters. The van der Waals surface area contributed by atoms with Crippen molar-refractivity contribution in [2.24, 2.45) is 0 Å². The van der Waals surface area contributed by atoms with Crippen LogP contribution in [0.4, 0.5) is 10.5 Å². The van der Waals surface area contributed by atoms with Gasteiger partial charge < -0.3 is 14.8 Å². The maximum absolute atomic E-state index is 12.0. The number of rotatable bonds is 1. The molecular formula is C13H18BNO4. The van der Waals surface area contributed by atoms with Gasteiger partial charge in [-0.3, -0.25) is 4.90 Å². The molecule has 19 heavy (non-hydrogen) atoms. The van der Waals surface area contributed by atoms with Gasteiger partial charge in [0.2, 0.25) is 0 Å². The highest BCUT2D eigenvalue weighted by molar-refractivity contribution is 6.58. The molecule has 0 spiro atoms. The average molecular weight is 263 g/mol. The maximum atomic E-state index is 12.0. The summed E-state index contributed by atoms with van der Waals surface area (Å²) in [6, 6.07) is 5.04. The molecule has 0 bridgehead atoms. The minimum atomic E-state index is -1.49. The monoisotopic (exact) mass is 263 g/mol. The molecule has 0 aromatic heterocycles. The lowest BCUT2D eigenvalue weighted by molar-refractivity contribution is 0.0584. The van der Waals surface area contributed by atoms with Crippen LogP contribution in [0, 0.1) is 0 Å². The summed E-state index contributed by atoms with van der Waals surface area (Å²) in [6.07, 6.45) is 0.318. The number of carbonyl (C=O) groups is 1. The first-order valence-corrected chi connectivity index (χ1v) is 6.27. The number of benzene rings is 1. The van der Waals surface area contributed by atoms with Crippen LogP contribution in [0.3, 0.4) is 0 Å². The van der Waals surface area contributed by atoms with Gasteiger partial charge >= 0.3 is 13.2 Å². The lowest BCUT2D eigenvalue weighted by atomic mass is 9.79. The second kappa shape index (κ2) is 4.87. The Morgan fingerprint density at radius 3 is 2.63 bits per heavy atom. The average Bonchev–Trinajstić information content (AvgIpc) is 2.68. The summed E-state index contributed by atoms with van der Waals surface area (Å²) >= 11 is 0. The first-order valence-electron chi connectivity index (χ1n) is 6.27. The van der Waals surface area contributed by atoms with Gasteiger partial charge in [0.15, 0.2) is 0 Å². The minimum absolute atomic E-state index is 0.372. The highest BCUT2D eigenvalue weighted by Gasteiger charge is 2.29. The Hall–Kier alpha value is -1.53. The topological polar surface area (TPSA) is 70.0 Å². The lowest BCUT2D eigenvalue weighted by Crippen LogP contribution is -2.36. The number of carbonyl (C=O) groups excluding carboxylic acids is 1. The fourth-order valence-electron chi connectivity index (χ4n) is 2.09. The molecule has 1 aliphatic rings. The summed E-state index contributed by atoms with van der Waals surface area (Å²) in [4.78, 5) is 13.6. The molecule has 6 heteroatoms. The van der Waals surface area contributed by atoms with Crippen molar-refractivity contribution in [2.75, 3.05) is 11.4 Å². The van der Waals surface area contributed by atoms with Crippen molar-refractivity contribution in [2.45, 2.75) is 32.8 Å². The van der Waals surface area contributed by atoms with E-state index in [2.05, 4.69) is 0 Å². The van der Waals surface area contributed by atoms with Gasteiger partial charge in [-0.05, 0) is 44.3 Å². The van der Waals surface area contributed by atoms with E-state index in [1.165, 1.54) is 0 Å². The Balaban J connectivity index is 2.21. The summed E-state index contributed by atoms with van der Waals surface area (Å²) in [7, 11) is -1.49. The Morgan fingerprint density at radius 2 is 2.05 bits per heavy atom. The van der Waals surface area contributed by atoms with Gasteiger partial charge in [0.05, 0.1) is 5.69 Å². The highest BCUT2D eigenvalue weighted by Crippen LogP contribution is 2.28. The van der Waals surface area contributed by atoms with Crippen molar-refractivity contribution in [3.8, 4) is 0 Å². The number of nitrogens with zero attached hydrogens (tertiary/aromatic N) is 1. The smallest absolute Gasteiger partial charge is 0.443 e. The third kappa shape index (κ3) is 3.08. The molecule has 0 fully saturated rings. The molecule has 0 saturated carbocycles. The Morgan fingerprint density at radius 1 is 1.37 bits per heavy atom. The summed E-state index contributed by atoms with van der Waals surface area (Å²) in [6.45, 7) is 6.03. The van der Waals surface area contributed by atoms with Crippen LogP contribution in [0.25, 0.3) is 0 Å². The predicted octanol–water partition coefficient (Wildman–Crippen LogP) is 0.664. The van der Waals surface area contributed by atoms with Crippen molar-refractivity contribution in [1.29, 1.82) is 0 Å². The standard InChI is InChI=1S/C13H18BNO4/c1-13(2,3)19-12(16)15-7-6-9-8-10(14(17)18)4-5-11(9)15/h4-5,8,17-18H,6-7H2,1-3H3. The predicted molar refractivity (Wildman–Crippen MR) is 73.6 cm³/mol. The van der Waals surface area contributed by atoms with Crippen LogP contribution in [-0.2, 0) is 11.2 Å². The molecule has 0 aliphatic carbocycles. The lowest BCUT2D eigenvalue weighted by Gasteiger charge is -2.24. The van der Waals surface area contributed by atoms with Crippen LogP contribution < -0.4 is 10.4 Å². The molecule has 1 amide bonds. The van der Waals surface area contributed by atoms with Gasteiger partial charge in [0.1, 0.15) is 5.60 Å². The molecule has 1 aliphatic heterocycles. The second-order valence-corrected chi connectivity index (χ2v) is 5.64. The molecule has 0 radical (unpaired) electrons. The highest BCUT2D eigenvalue weighted by atomic mass is 16.6. The molecule has 1 heterocycles. The van der Waals surface area contributed by atoms with Crippen molar-refractivity contribution in [3.63, 3.8) is 0 Å². The van der Waals surface area contributed by atoms with Crippen molar-refractivity contribution in [1.82, 2.24) is 0 Å². The van der Waals surface area contributed by atoms with E-state index in [0.717, 1.165) is 11.3 Å². The van der Waals surface area contributed by atoms with Gasteiger partial charge in [-0.1, -0.05) is 12.1 Å². The van der Waals surface area contributed by atoms with Gasteiger partial charge in [0, 0.05) is 6.54 Å². The van der Waals surface area contributed by atoms with Crippen molar-refractivity contribution >= 4 is 24.4 Å². The summed E-state index contributed by atoms with van der Waals surface area (Å²) < 4.78 is 5.34. The van der Waals surface area contributed by atoms with E-state index >= 15 is 0 Å². The van der Waals surface area contributed by atoms with Crippen LogP contribution in [0.2, 0.25) is 0 Å². The Bertz CT molecular complexity index is 496. The number of hydrogen-bond acceptors (Lipinski definition) is 4. The van der Waals surface area contributed by atoms with Gasteiger partial charge in [0.25, 0.3) is 0 Å². The van der Waals surface area contributed by atoms with E-state index in [9.17, 15) is 4.79 Å². The molecule has 2 N–H and O–H groups in total. The van der Waals surface area contributed by atoms with E-state index in [4.69, 9.17) is 14.8 Å². The van der Waals surface area contributed by atoms with Crippen LogP contribution >= 0.6 is 0 Å². The molecule has 1 aromatic carbocycles. The summed E-state index contributed by atoms with van der Waals surface area (Å²) in [5, 5.41) is 18.3. The number of ether oxygens (including phenoxy) is 1. The van der Waals surface area contributed by atoms with E-state index in [-0.39, 0.29) is 6.09 Å². The third-order valence-electron chi connectivity index (χ3n) is 2.91. The maximum Gasteiger partial charge on any atom is 0.488 e. The number of hydrogen-bond donors (Lipinski definition) is 2. The summed E-state index contributed by atoms with van der Waals surface area (Å²) in [5.74, 6) is 0. The van der Waals surface area contributed by atoms with Crippen LogP contribution in [-0.4, -0.2) is 35.4 Å². The minimum Gasteiger partial charge on any atom is -0.443 e. The number of fused-ring (bicyclic) bond motifs is 1. The van der Waals surface area contributed by atoms with Crippen LogP contribution in [0.15, 0.2) is 18.2 Å². The zero-order chi connectivity index (χ0) is 14.2. The zero-order valence-electron chi connectivity index (χ0n) is 11.4. The summed E-state index contributed by atoms with van der Waals surface area (Å²) in [5.41, 5.74) is 1.61.